The average Bonchev–Trinajstić information content (AvgIpc) is 2.39. The van der Waals surface area contributed by atoms with E-state index in [9.17, 15) is 4.79 Å². The maximum absolute atomic E-state index is 11.8. The van der Waals surface area contributed by atoms with Gasteiger partial charge in [-0.2, -0.15) is 0 Å². The van der Waals surface area contributed by atoms with E-state index in [2.05, 4.69) is 44.8 Å². The maximum atomic E-state index is 11.8. The van der Waals surface area contributed by atoms with Gasteiger partial charge in [0.05, 0.1) is 0 Å². The summed E-state index contributed by atoms with van der Waals surface area (Å²) in [5.41, 5.74) is 2.02. The van der Waals surface area contributed by atoms with Crippen molar-refractivity contribution in [3.05, 3.63) is 36.4 Å². The first-order valence-corrected chi connectivity index (χ1v) is 7.21. The predicted molar refractivity (Wildman–Crippen MR) is 87.2 cm³/mol. The molecule has 1 aromatic rings. The van der Waals surface area contributed by atoms with Gasteiger partial charge in [0.2, 0.25) is 5.91 Å². The summed E-state index contributed by atoms with van der Waals surface area (Å²) in [6.45, 7) is 12.4. The number of hydrogen-bond acceptors (Lipinski definition) is 2. The maximum Gasteiger partial charge on any atom is 0.248 e. The monoisotopic (exact) mass is 274 g/mol. The van der Waals surface area contributed by atoms with Crippen molar-refractivity contribution in [3.8, 4) is 0 Å². The molecule has 0 unspecified atom stereocenters. The van der Waals surface area contributed by atoms with E-state index < -0.39 is 0 Å². The Hall–Kier alpha value is -1.77. The van der Waals surface area contributed by atoms with Gasteiger partial charge in [0, 0.05) is 24.5 Å². The highest BCUT2D eigenvalue weighted by molar-refractivity contribution is 5.99. The molecule has 1 amide bonds. The zero-order valence-electron chi connectivity index (χ0n) is 13.2. The van der Waals surface area contributed by atoms with Crippen LogP contribution in [0.1, 0.15) is 34.6 Å². The Kier molecular flexibility index (Phi) is 5.81. The Balaban J connectivity index is 2.66. The van der Waals surface area contributed by atoms with Gasteiger partial charge < -0.3 is 10.2 Å². The van der Waals surface area contributed by atoms with E-state index >= 15 is 0 Å². The zero-order chi connectivity index (χ0) is 15.2. The van der Waals surface area contributed by atoms with Crippen molar-refractivity contribution in [2.24, 2.45) is 5.41 Å². The Morgan fingerprint density at radius 3 is 2.15 bits per heavy atom. The fourth-order valence-electron chi connectivity index (χ4n) is 1.85. The molecule has 110 valence electrons. The first kappa shape index (κ1) is 16.3. The fourth-order valence-corrected chi connectivity index (χ4v) is 1.85. The minimum absolute atomic E-state index is 0.0178. The normalized spacial score (nSPS) is 11.7. The number of anilines is 2. The van der Waals surface area contributed by atoms with Crippen molar-refractivity contribution in [3.63, 3.8) is 0 Å². The Morgan fingerprint density at radius 2 is 1.70 bits per heavy atom. The Labute approximate surface area is 122 Å². The van der Waals surface area contributed by atoms with E-state index in [-0.39, 0.29) is 11.3 Å². The van der Waals surface area contributed by atoms with Crippen molar-refractivity contribution in [2.75, 3.05) is 23.3 Å². The molecule has 0 aliphatic rings. The van der Waals surface area contributed by atoms with Gasteiger partial charge in [0.25, 0.3) is 0 Å². The highest BCUT2D eigenvalue weighted by Crippen LogP contribution is 2.18. The van der Waals surface area contributed by atoms with Crippen LogP contribution in [0.2, 0.25) is 0 Å². The molecule has 0 aliphatic carbocycles. The van der Waals surface area contributed by atoms with E-state index in [4.69, 9.17) is 0 Å². The lowest BCUT2D eigenvalue weighted by Crippen LogP contribution is -2.21. The minimum atomic E-state index is -0.0875. The third-order valence-electron chi connectivity index (χ3n) is 3.00. The molecule has 20 heavy (non-hydrogen) atoms. The van der Waals surface area contributed by atoms with Crippen molar-refractivity contribution >= 4 is 17.3 Å². The number of amides is 1. The summed E-state index contributed by atoms with van der Waals surface area (Å²) >= 11 is 0. The van der Waals surface area contributed by atoms with Crippen LogP contribution in [-0.4, -0.2) is 19.0 Å². The minimum Gasteiger partial charge on any atom is -0.372 e. The number of rotatable bonds is 5. The summed E-state index contributed by atoms with van der Waals surface area (Å²) in [4.78, 5) is 14.1. The number of carbonyl (C=O) groups excluding carboxylic acids is 1. The molecule has 0 bridgehead atoms. The van der Waals surface area contributed by atoms with Gasteiger partial charge in [-0.1, -0.05) is 26.8 Å². The molecule has 0 aromatic heterocycles. The van der Waals surface area contributed by atoms with Crippen LogP contribution in [0.15, 0.2) is 36.4 Å². The molecule has 0 saturated heterocycles. The largest absolute Gasteiger partial charge is 0.372 e. The molecule has 3 heteroatoms. The Morgan fingerprint density at radius 1 is 1.15 bits per heavy atom. The topological polar surface area (TPSA) is 32.3 Å². The fraction of sp³-hybridized carbons (Fsp3) is 0.471. The molecule has 1 aromatic carbocycles. The lowest BCUT2D eigenvalue weighted by Gasteiger charge is -2.21. The first-order valence-electron chi connectivity index (χ1n) is 7.21. The summed E-state index contributed by atoms with van der Waals surface area (Å²) in [7, 11) is 0. The summed E-state index contributed by atoms with van der Waals surface area (Å²) in [5, 5.41) is 2.87. The summed E-state index contributed by atoms with van der Waals surface area (Å²) in [5.74, 6) is -0.0875. The highest BCUT2D eigenvalue weighted by atomic mass is 16.1. The number of carbonyl (C=O) groups is 1. The van der Waals surface area contributed by atoms with E-state index in [1.54, 1.807) is 6.08 Å². The van der Waals surface area contributed by atoms with Crippen molar-refractivity contribution < 1.29 is 4.79 Å². The third-order valence-corrected chi connectivity index (χ3v) is 3.00. The van der Waals surface area contributed by atoms with Crippen LogP contribution in [-0.2, 0) is 4.79 Å². The van der Waals surface area contributed by atoms with Gasteiger partial charge in [-0.3, -0.25) is 4.79 Å². The van der Waals surface area contributed by atoms with Crippen LogP contribution >= 0.6 is 0 Å². The highest BCUT2D eigenvalue weighted by Gasteiger charge is 2.06. The lowest BCUT2D eigenvalue weighted by atomic mass is 9.96. The molecule has 0 aliphatic heterocycles. The molecule has 0 atom stereocenters. The third kappa shape index (κ3) is 5.47. The molecule has 0 saturated carbocycles. The molecular formula is C17H26N2O. The number of nitrogens with one attached hydrogen (secondary N) is 1. The van der Waals surface area contributed by atoms with Crippen LogP contribution < -0.4 is 10.2 Å². The summed E-state index contributed by atoms with van der Waals surface area (Å²) < 4.78 is 0. The van der Waals surface area contributed by atoms with Gasteiger partial charge in [-0.25, -0.2) is 0 Å². The van der Waals surface area contributed by atoms with Gasteiger partial charge in [0.15, 0.2) is 0 Å². The quantitative estimate of drug-likeness (QED) is 0.821. The summed E-state index contributed by atoms with van der Waals surface area (Å²) in [6, 6.07) is 7.96. The number of hydrogen-bond donors (Lipinski definition) is 1. The van der Waals surface area contributed by atoms with Crippen molar-refractivity contribution in [1.82, 2.24) is 0 Å². The number of nitrogens with zero attached hydrogens (tertiary/aromatic N) is 1. The lowest BCUT2D eigenvalue weighted by molar-refractivity contribution is -0.112. The van der Waals surface area contributed by atoms with E-state index in [1.165, 1.54) is 5.69 Å². The van der Waals surface area contributed by atoms with Gasteiger partial charge >= 0.3 is 0 Å². The molecule has 0 heterocycles. The van der Waals surface area contributed by atoms with Crippen LogP contribution in [0.3, 0.4) is 0 Å². The molecule has 3 nitrogen and oxygen atoms in total. The van der Waals surface area contributed by atoms with Gasteiger partial charge in [0.1, 0.15) is 0 Å². The SMILES string of the molecule is CCN(CC)c1ccc(NC(=O)/C=C/C(C)(C)C)cc1. The van der Waals surface area contributed by atoms with E-state index in [0.29, 0.717) is 0 Å². The second-order valence-corrected chi connectivity index (χ2v) is 5.91. The molecule has 0 spiro atoms. The molecule has 0 radical (unpaired) electrons. The molecular weight excluding hydrogens is 248 g/mol. The first-order chi connectivity index (χ1) is 9.35. The van der Waals surface area contributed by atoms with Gasteiger partial charge in [-0.15, -0.1) is 0 Å². The van der Waals surface area contributed by atoms with Crippen molar-refractivity contribution in [2.45, 2.75) is 34.6 Å². The summed E-state index contributed by atoms with van der Waals surface area (Å²) in [6.07, 6.45) is 3.50. The second kappa shape index (κ2) is 7.13. The second-order valence-electron chi connectivity index (χ2n) is 5.91. The van der Waals surface area contributed by atoms with Crippen molar-refractivity contribution in [1.29, 1.82) is 0 Å². The smallest absolute Gasteiger partial charge is 0.248 e. The van der Waals surface area contributed by atoms with Crippen LogP contribution in [0.25, 0.3) is 0 Å². The van der Waals surface area contributed by atoms with E-state index in [0.717, 1.165) is 18.8 Å². The number of allylic oxidation sites excluding steroid dienone is 1. The predicted octanol–water partition coefficient (Wildman–Crippen LogP) is 4.07. The average molecular weight is 274 g/mol. The van der Waals surface area contributed by atoms with Gasteiger partial charge in [-0.05, 0) is 49.6 Å². The van der Waals surface area contributed by atoms with E-state index in [1.807, 2.05) is 30.3 Å². The Bertz CT molecular complexity index is 451. The van der Waals surface area contributed by atoms with Crippen LogP contribution in [0, 0.1) is 5.41 Å². The standard InChI is InChI=1S/C17H26N2O/c1-6-19(7-2)15-10-8-14(9-11-15)18-16(20)12-13-17(3,4)5/h8-13H,6-7H2,1-5H3,(H,18,20)/b13-12+. The van der Waals surface area contributed by atoms with Crippen LogP contribution in [0.5, 0.6) is 0 Å². The molecule has 1 rings (SSSR count). The van der Waals surface area contributed by atoms with Crippen LogP contribution in [0.4, 0.5) is 11.4 Å². The molecule has 0 fully saturated rings. The zero-order valence-corrected chi connectivity index (χ0v) is 13.2. The number of benzene rings is 1. The molecule has 1 N–H and O–H groups in total.